The van der Waals surface area contributed by atoms with Gasteiger partial charge in [-0.25, -0.2) is 0 Å². The van der Waals surface area contributed by atoms with Crippen LogP contribution in [0, 0.1) is 0 Å². The van der Waals surface area contributed by atoms with E-state index in [4.69, 9.17) is 4.42 Å². The first kappa shape index (κ1) is 17.7. The van der Waals surface area contributed by atoms with Crippen molar-refractivity contribution >= 4 is 44.7 Å². The van der Waals surface area contributed by atoms with Crippen molar-refractivity contribution in [3.05, 3.63) is 120 Å². The van der Waals surface area contributed by atoms with E-state index in [9.17, 15) is 0 Å². The Morgan fingerprint density at radius 1 is 0.516 bits per heavy atom. The van der Waals surface area contributed by atoms with Crippen LogP contribution in [0.15, 0.2) is 114 Å². The van der Waals surface area contributed by atoms with Gasteiger partial charge in [-0.3, -0.25) is 0 Å². The Labute approximate surface area is 180 Å². The molecule has 1 nitrogen and oxygen atoms in total. The van der Waals surface area contributed by atoms with Crippen molar-refractivity contribution in [3.8, 4) is 11.3 Å². The molecule has 1 aromatic heterocycles. The van der Waals surface area contributed by atoms with Crippen LogP contribution in [0.5, 0.6) is 0 Å². The quantitative estimate of drug-likeness (QED) is 0.216. The minimum absolute atomic E-state index is 0.900. The first-order valence-corrected chi connectivity index (χ1v) is 10.5. The van der Waals surface area contributed by atoms with Gasteiger partial charge < -0.3 is 4.42 Å². The number of para-hydroxylation sites is 1. The predicted molar refractivity (Wildman–Crippen MR) is 132 cm³/mol. The van der Waals surface area contributed by atoms with Crippen LogP contribution in [0.1, 0.15) is 11.1 Å². The minimum atomic E-state index is 0.900. The highest BCUT2D eigenvalue weighted by molar-refractivity contribution is 6.11. The average molecular weight is 396 g/mol. The molecule has 0 atom stereocenters. The molecule has 0 unspecified atom stereocenters. The summed E-state index contributed by atoms with van der Waals surface area (Å²) in [6, 6.07) is 38.2. The normalized spacial score (nSPS) is 11.7. The van der Waals surface area contributed by atoms with Crippen molar-refractivity contribution in [1.29, 1.82) is 0 Å². The molecular formula is C30H20O. The molecule has 0 amide bonds. The summed E-state index contributed by atoms with van der Waals surface area (Å²) in [4.78, 5) is 0. The molecule has 0 aliphatic rings. The third kappa shape index (κ3) is 3.21. The van der Waals surface area contributed by atoms with E-state index in [2.05, 4.69) is 103 Å². The van der Waals surface area contributed by atoms with E-state index in [-0.39, 0.29) is 0 Å². The predicted octanol–water partition coefficient (Wildman–Crippen LogP) is 8.58. The molecule has 6 rings (SSSR count). The first-order chi connectivity index (χ1) is 15.3. The summed E-state index contributed by atoms with van der Waals surface area (Å²) in [5.41, 5.74) is 4.40. The van der Waals surface area contributed by atoms with Crippen molar-refractivity contribution < 1.29 is 4.42 Å². The largest absolute Gasteiger partial charge is 0.456 e. The number of fused-ring (bicyclic) bond motifs is 4. The maximum absolute atomic E-state index is 5.99. The number of hydrogen-bond donors (Lipinski definition) is 0. The van der Waals surface area contributed by atoms with Gasteiger partial charge in [0, 0.05) is 10.9 Å². The van der Waals surface area contributed by atoms with Crippen LogP contribution in [0.25, 0.3) is 56.0 Å². The zero-order chi connectivity index (χ0) is 20.6. The molecule has 0 aliphatic carbocycles. The molecule has 6 aromatic rings. The zero-order valence-corrected chi connectivity index (χ0v) is 17.0. The lowest BCUT2D eigenvalue weighted by atomic mass is 9.96. The fourth-order valence-corrected chi connectivity index (χ4v) is 4.29. The summed E-state index contributed by atoms with van der Waals surface area (Å²) in [5.74, 6) is 0.900. The van der Waals surface area contributed by atoms with Crippen LogP contribution in [0.4, 0.5) is 0 Å². The van der Waals surface area contributed by atoms with E-state index in [0.29, 0.717) is 0 Å². The van der Waals surface area contributed by atoms with Gasteiger partial charge in [-0.15, -0.1) is 0 Å². The summed E-state index contributed by atoms with van der Waals surface area (Å²) < 4.78 is 5.99. The molecule has 31 heavy (non-hydrogen) atoms. The Balaban J connectivity index is 1.36. The van der Waals surface area contributed by atoms with Crippen LogP contribution in [0.2, 0.25) is 0 Å². The average Bonchev–Trinajstić information content (AvgIpc) is 3.27. The molecule has 0 radical (unpaired) electrons. The zero-order valence-electron chi connectivity index (χ0n) is 17.0. The molecular weight excluding hydrogens is 376 g/mol. The van der Waals surface area contributed by atoms with Crippen LogP contribution < -0.4 is 0 Å². The number of hydrogen-bond acceptors (Lipinski definition) is 1. The molecule has 0 saturated heterocycles. The van der Waals surface area contributed by atoms with Crippen LogP contribution >= 0.6 is 0 Å². The topological polar surface area (TPSA) is 13.1 Å². The van der Waals surface area contributed by atoms with Crippen molar-refractivity contribution in [2.45, 2.75) is 0 Å². The van der Waals surface area contributed by atoms with Crippen molar-refractivity contribution in [1.82, 2.24) is 0 Å². The van der Waals surface area contributed by atoms with Gasteiger partial charge in [-0.1, -0.05) is 103 Å². The lowest BCUT2D eigenvalue weighted by Crippen LogP contribution is -1.82. The highest BCUT2D eigenvalue weighted by Crippen LogP contribution is 2.31. The van der Waals surface area contributed by atoms with Crippen molar-refractivity contribution in [2.75, 3.05) is 0 Å². The minimum Gasteiger partial charge on any atom is -0.456 e. The molecule has 0 aliphatic heterocycles. The smallest absolute Gasteiger partial charge is 0.135 e. The van der Waals surface area contributed by atoms with E-state index in [0.717, 1.165) is 27.9 Å². The summed E-state index contributed by atoms with van der Waals surface area (Å²) in [6.07, 6.45) is 4.39. The van der Waals surface area contributed by atoms with Gasteiger partial charge >= 0.3 is 0 Å². The number of furan rings is 1. The van der Waals surface area contributed by atoms with Gasteiger partial charge in [0.1, 0.15) is 11.3 Å². The van der Waals surface area contributed by atoms with E-state index >= 15 is 0 Å². The molecule has 1 heteroatoms. The Hall–Kier alpha value is -4.10. The lowest BCUT2D eigenvalue weighted by Gasteiger charge is -2.08. The Bertz CT molecular complexity index is 1530. The standard InChI is InChI=1S/C30H20O/c1-3-9-26-23(7-1)19-24(27-10-4-5-11-28(26)27)18-15-21-13-16-22(17-14-21)30-20-25-8-2-6-12-29(25)31-30/h1-20H/b18-15+. The van der Waals surface area contributed by atoms with E-state index in [1.54, 1.807) is 0 Å². The molecule has 0 saturated carbocycles. The summed E-state index contributed by atoms with van der Waals surface area (Å²) >= 11 is 0. The second-order valence-corrected chi connectivity index (χ2v) is 7.84. The van der Waals surface area contributed by atoms with Gasteiger partial charge in [0.2, 0.25) is 0 Å². The van der Waals surface area contributed by atoms with E-state index in [1.165, 1.54) is 27.1 Å². The molecule has 0 bridgehead atoms. The van der Waals surface area contributed by atoms with Gasteiger partial charge in [0.15, 0.2) is 0 Å². The molecule has 0 fully saturated rings. The molecule has 1 heterocycles. The Kier molecular flexibility index (Phi) is 4.18. The summed E-state index contributed by atoms with van der Waals surface area (Å²) in [5, 5.41) is 6.26. The highest BCUT2D eigenvalue weighted by Gasteiger charge is 2.06. The molecule has 146 valence electrons. The van der Waals surface area contributed by atoms with Crippen LogP contribution in [-0.2, 0) is 0 Å². The number of rotatable bonds is 3. The first-order valence-electron chi connectivity index (χ1n) is 10.5. The van der Waals surface area contributed by atoms with Crippen LogP contribution in [0.3, 0.4) is 0 Å². The van der Waals surface area contributed by atoms with Gasteiger partial charge in [0.25, 0.3) is 0 Å². The lowest BCUT2D eigenvalue weighted by molar-refractivity contribution is 0.631. The summed E-state index contributed by atoms with van der Waals surface area (Å²) in [6.45, 7) is 0. The second-order valence-electron chi connectivity index (χ2n) is 7.84. The Morgan fingerprint density at radius 3 is 2.00 bits per heavy atom. The third-order valence-electron chi connectivity index (χ3n) is 5.88. The SMILES string of the molecule is C(=C\c1cc2ccccc2c2ccccc12)/c1ccc(-c2cc3ccccc3o2)cc1. The maximum atomic E-state index is 5.99. The van der Waals surface area contributed by atoms with E-state index < -0.39 is 0 Å². The van der Waals surface area contributed by atoms with Gasteiger partial charge in [-0.05, 0) is 50.9 Å². The summed E-state index contributed by atoms with van der Waals surface area (Å²) in [7, 11) is 0. The van der Waals surface area contributed by atoms with Gasteiger partial charge in [0.05, 0.1) is 0 Å². The second kappa shape index (κ2) is 7.30. The van der Waals surface area contributed by atoms with Crippen molar-refractivity contribution in [3.63, 3.8) is 0 Å². The fourth-order valence-electron chi connectivity index (χ4n) is 4.29. The van der Waals surface area contributed by atoms with Crippen LogP contribution in [-0.4, -0.2) is 0 Å². The Morgan fingerprint density at radius 2 is 1.19 bits per heavy atom. The molecule has 0 spiro atoms. The maximum Gasteiger partial charge on any atom is 0.135 e. The highest BCUT2D eigenvalue weighted by atomic mass is 16.3. The molecule has 5 aromatic carbocycles. The van der Waals surface area contributed by atoms with Gasteiger partial charge in [-0.2, -0.15) is 0 Å². The number of benzene rings is 5. The monoisotopic (exact) mass is 396 g/mol. The van der Waals surface area contributed by atoms with Crippen molar-refractivity contribution in [2.24, 2.45) is 0 Å². The molecule has 0 N–H and O–H groups in total. The third-order valence-corrected chi connectivity index (χ3v) is 5.88. The fraction of sp³-hybridized carbons (Fsp3) is 0. The van der Waals surface area contributed by atoms with E-state index in [1.807, 2.05) is 18.2 Å².